The summed E-state index contributed by atoms with van der Waals surface area (Å²) in [5, 5.41) is 0.466. The quantitative estimate of drug-likeness (QED) is 0.119. The summed E-state index contributed by atoms with van der Waals surface area (Å²) >= 11 is 0. The summed E-state index contributed by atoms with van der Waals surface area (Å²) in [7, 11) is 0. The Balaban J connectivity index is 1.20. The SMILES string of the molecule is C[C@H](CCCC(F)(C(F)(F)F)C(F)(F)F)[C@H]1CC[C@H]2[C@@H]3CC=C4C[C@@H](OC(=O)ON5C(=O)CCC5=O)CC[C@]4(C)[C@H]3CC[C@]12C. The number of amides is 2. The molecule has 13 heteroatoms. The molecule has 1 saturated heterocycles. The van der Waals surface area contributed by atoms with E-state index in [1.165, 1.54) is 5.57 Å². The van der Waals surface area contributed by atoms with Crippen LogP contribution < -0.4 is 0 Å². The van der Waals surface area contributed by atoms with Crippen LogP contribution in [0.1, 0.15) is 104 Å². The molecule has 0 N–H and O–H groups in total. The largest absolute Gasteiger partial charge is 0.534 e. The number of rotatable bonds is 7. The molecule has 6 nitrogen and oxygen atoms in total. The molecule has 0 aromatic rings. The van der Waals surface area contributed by atoms with Gasteiger partial charge in [0.05, 0.1) is 0 Å². The van der Waals surface area contributed by atoms with E-state index in [0.717, 1.165) is 38.5 Å². The lowest BCUT2D eigenvalue weighted by atomic mass is 9.47. The molecule has 3 saturated carbocycles. The van der Waals surface area contributed by atoms with Crippen LogP contribution in [0.25, 0.3) is 0 Å². The summed E-state index contributed by atoms with van der Waals surface area (Å²) in [5.41, 5.74) is -4.18. The topological polar surface area (TPSA) is 72.9 Å². The Hall–Kier alpha value is -2.34. The Bertz CT molecular complexity index is 1190. The molecule has 0 bridgehead atoms. The van der Waals surface area contributed by atoms with Crippen LogP contribution >= 0.6 is 0 Å². The lowest BCUT2D eigenvalue weighted by Gasteiger charge is -2.58. The maximum atomic E-state index is 14.2. The number of hydrogen-bond acceptors (Lipinski definition) is 5. The molecule has 45 heavy (non-hydrogen) atoms. The van der Waals surface area contributed by atoms with Crippen molar-refractivity contribution in [2.24, 2.45) is 40.4 Å². The van der Waals surface area contributed by atoms with E-state index in [1.54, 1.807) is 0 Å². The summed E-state index contributed by atoms with van der Waals surface area (Å²) in [6.07, 6.45) is -6.94. The number of alkyl halides is 7. The maximum absolute atomic E-state index is 14.2. The second kappa shape index (κ2) is 11.7. The summed E-state index contributed by atoms with van der Waals surface area (Å²) < 4.78 is 98.0. The van der Waals surface area contributed by atoms with Gasteiger partial charge in [0.25, 0.3) is 17.5 Å². The monoisotopic (exact) mass is 653 g/mol. The zero-order valence-corrected chi connectivity index (χ0v) is 25.9. The highest BCUT2D eigenvalue weighted by molar-refractivity contribution is 6.01. The van der Waals surface area contributed by atoms with Gasteiger partial charge in [0, 0.05) is 19.3 Å². The van der Waals surface area contributed by atoms with Gasteiger partial charge in [-0.1, -0.05) is 43.9 Å². The van der Waals surface area contributed by atoms with E-state index in [4.69, 9.17) is 9.57 Å². The van der Waals surface area contributed by atoms with Gasteiger partial charge >= 0.3 is 18.5 Å². The first kappa shape index (κ1) is 34.0. The molecule has 254 valence electrons. The van der Waals surface area contributed by atoms with Crippen molar-refractivity contribution in [1.82, 2.24) is 5.06 Å². The van der Waals surface area contributed by atoms with Crippen LogP contribution in [0.3, 0.4) is 0 Å². The number of allylic oxidation sites excluding steroid dienone is 1. The molecule has 0 aromatic heterocycles. The van der Waals surface area contributed by atoms with Crippen molar-refractivity contribution >= 4 is 18.0 Å². The molecule has 1 heterocycles. The smallest absolute Gasteiger partial charge is 0.429 e. The van der Waals surface area contributed by atoms with Crippen LogP contribution in [0.2, 0.25) is 0 Å². The highest BCUT2D eigenvalue weighted by Gasteiger charge is 2.71. The first-order chi connectivity index (χ1) is 20.8. The van der Waals surface area contributed by atoms with E-state index in [-0.39, 0.29) is 41.9 Å². The van der Waals surface area contributed by atoms with Crippen molar-refractivity contribution in [2.45, 2.75) is 128 Å². The molecule has 8 atom stereocenters. The minimum atomic E-state index is -6.01. The number of ether oxygens (including phenoxy) is 1. The van der Waals surface area contributed by atoms with Crippen LogP contribution in [0.15, 0.2) is 11.6 Å². The van der Waals surface area contributed by atoms with Crippen molar-refractivity contribution in [1.29, 1.82) is 0 Å². The van der Waals surface area contributed by atoms with E-state index in [1.807, 2.05) is 6.92 Å². The average molecular weight is 654 g/mol. The Morgan fingerprint density at radius 3 is 2.22 bits per heavy atom. The Morgan fingerprint density at radius 1 is 0.956 bits per heavy atom. The van der Waals surface area contributed by atoms with Gasteiger partial charge in [0.15, 0.2) is 0 Å². The maximum Gasteiger partial charge on any atom is 0.534 e. The van der Waals surface area contributed by atoms with Gasteiger partial charge in [0.2, 0.25) is 0 Å². The first-order valence-electron chi connectivity index (χ1n) is 16.1. The second-order valence-electron chi connectivity index (χ2n) is 14.6. The summed E-state index contributed by atoms with van der Waals surface area (Å²) in [4.78, 5) is 40.7. The van der Waals surface area contributed by atoms with Crippen molar-refractivity contribution < 1.29 is 54.7 Å². The van der Waals surface area contributed by atoms with Gasteiger partial charge in [-0.3, -0.25) is 14.4 Å². The number of hydroxylamine groups is 2. The van der Waals surface area contributed by atoms with E-state index in [2.05, 4.69) is 19.9 Å². The van der Waals surface area contributed by atoms with Gasteiger partial charge in [-0.05, 0) is 98.2 Å². The van der Waals surface area contributed by atoms with E-state index < -0.39 is 54.9 Å². The van der Waals surface area contributed by atoms with Gasteiger partial charge < -0.3 is 4.74 Å². The molecule has 4 aliphatic carbocycles. The number of carbonyl (C=O) groups excluding carboxylic acids is 3. The normalized spacial score (nSPS) is 36.2. The number of carbonyl (C=O) groups is 3. The van der Waals surface area contributed by atoms with Crippen LogP contribution in [-0.2, 0) is 19.2 Å². The van der Waals surface area contributed by atoms with Gasteiger partial charge in [0.1, 0.15) is 6.10 Å². The number of hydrogen-bond donors (Lipinski definition) is 0. The van der Waals surface area contributed by atoms with E-state index in [9.17, 15) is 45.1 Å². The van der Waals surface area contributed by atoms with Gasteiger partial charge in [-0.25, -0.2) is 9.18 Å². The summed E-state index contributed by atoms with van der Waals surface area (Å²) in [6, 6.07) is 0. The number of halogens is 7. The molecular formula is C32H42F7NO5. The van der Waals surface area contributed by atoms with Crippen molar-refractivity contribution in [3.63, 3.8) is 0 Å². The Kier molecular flexibility index (Phi) is 8.86. The van der Waals surface area contributed by atoms with Gasteiger partial charge in [-0.2, -0.15) is 26.3 Å². The number of imide groups is 1. The molecule has 1 aliphatic heterocycles. The third-order valence-electron chi connectivity index (χ3n) is 12.3. The van der Waals surface area contributed by atoms with Crippen molar-refractivity contribution in [3.05, 3.63) is 11.6 Å². The molecule has 5 rings (SSSR count). The minimum Gasteiger partial charge on any atom is -0.429 e. The molecule has 5 aliphatic rings. The third kappa shape index (κ3) is 5.87. The van der Waals surface area contributed by atoms with E-state index in [0.29, 0.717) is 35.7 Å². The Labute approximate surface area is 258 Å². The summed E-state index contributed by atoms with van der Waals surface area (Å²) in [5.74, 6) is -0.00809. The molecule has 0 radical (unpaired) electrons. The zero-order chi connectivity index (χ0) is 33.2. The standard InChI is InChI=1S/C32H42F7NO5/c1-18(5-4-14-30(33,31(34,35)36)32(37,38)39)22-8-9-23-21-7-6-19-17-20(44-27(43)45-40-25(41)10-11-26(40)42)12-15-28(19,2)24(21)13-16-29(22,23)3/h6,18,20-24H,4-5,7-17H2,1-3H3/t18-,20+,21+,22-,23+,24+,28+,29-/m1/s1. The predicted octanol–water partition coefficient (Wildman–Crippen LogP) is 8.79. The predicted molar refractivity (Wildman–Crippen MR) is 147 cm³/mol. The number of nitrogens with zero attached hydrogens (tertiary/aromatic N) is 1. The van der Waals surface area contributed by atoms with Crippen molar-refractivity contribution in [3.8, 4) is 0 Å². The first-order valence-corrected chi connectivity index (χ1v) is 16.1. The van der Waals surface area contributed by atoms with Gasteiger partial charge in [-0.15, -0.1) is 0 Å². The Morgan fingerprint density at radius 2 is 1.60 bits per heavy atom. The van der Waals surface area contributed by atoms with Crippen LogP contribution in [0.5, 0.6) is 0 Å². The fourth-order valence-corrected chi connectivity index (χ4v) is 9.91. The second-order valence-corrected chi connectivity index (χ2v) is 14.6. The minimum absolute atomic E-state index is 0.00721. The molecular weight excluding hydrogens is 611 g/mol. The highest BCUT2D eigenvalue weighted by atomic mass is 19.4. The molecule has 2 amide bonds. The van der Waals surface area contributed by atoms with Crippen LogP contribution in [0.4, 0.5) is 35.5 Å². The third-order valence-corrected chi connectivity index (χ3v) is 12.3. The van der Waals surface area contributed by atoms with E-state index >= 15 is 0 Å². The molecule has 0 spiro atoms. The highest BCUT2D eigenvalue weighted by Crippen LogP contribution is 2.67. The lowest BCUT2D eigenvalue weighted by molar-refractivity contribution is -0.343. The fraction of sp³-hybridized carbons (Fsp3) is 0.844. The molecule has 4 fully saturated rings. The lowest BCUT2D eigenvalue weighted by Crippen LogP contribution is -2.53. The molecule has 0 unspecified atom stereocenters. The van der Waals surface area contributed by atoms with Crippen LogP contribution in [-0.4, -0.2) is 47.2 Å². The average Bonchev–Trinajstić information content (AvgIpc) is 3.45. The summed E-state index contributed by atoms with van der Waals surface area (Å²) in [6.45, 7) is 6.36. The number of fused-ring (bicyclic) bond motifs is 5. The van der Waals surface area contributed by atoms with Crippen molar-refractivity contribution in [2.75, 3.05) is 0 Å². The zero-order valence-electron chi connectivity index (χ0n) is 25.9. The fourth-order valence-electron chi connectivity index (χ4n) is 9.91. The van der Waals surface area contributed by atoms with Crippen LogP contribution in [0, 0.1) is 40.4 Å². The molecule has 0 aromatic carbocycles.